The number of rotatable bonds is 5. The van der Waals surface area contributed by atoms with Crippen LogP contribution in [0, 0.1) is 11.3 Å². The van der Waals surface area contributed by atoms with E-state index >= 15 is 0 Å². The van der Waals surface area contributed by atoms with Gasteiger partial charge in [0.1, 0.15) is 0 Å². The van der Waals surface area contributed by atoms with Crippen LogP contribution in [0.4, 0.5) is 0 Å². The molecule has 21 heavy (non-hydrogen) atoms. The Hall–Kier alpha value is -1.10. The van der Waals surface area contributed by atoms with Crippen LogP contribution in [0.25, 0.3) is 0 Å². The molecule has 0 unspecified atom stereocenters. The molecule has 5 nitrogen and oxygen atoms in total. The summed E-state index contributed by atoms with van der Waals surface area (Å²) in [6.07, 6.45) is 3.75. The molecule has 0 bridgehead atoms. The zero-order valence-corrected chi connectivity index (χ0v) is 13.8. The van der Waals surface area contributed by atoms with E-state index in [9.17, 15) is 14.7 Å². The van der Waals surface area contributed by atoms with E-state index in [1.165, 1.54) is 0 Å². The molecule has 122 valence electrons. The van der Waals surface area contributed by atoms with Crippen molar-refractivity contribution in [3.8, 4) is 0 Å². The van der Waals surface area contributed by atoms with Crippen molar-refractivity contribution >= 4 is 11.8 Å². The normalized spacial score (nSPS) is 26.2. The summed E-state index contributed by atoms with van der Waals surface area (Å²) in [4.78, 5) is 23.4. The van der Waals surface area contributed by atoms with Crippen LogP contribution in [0.3, 0.4) is 0 Å². The summed E-state index contributed by atoms with van der Waals surface area (Å²) in [5.74, 6) is 0.472. The number of aliphatic hydroxyl groups is 1. The minimum absolute atomic E-state index is 0.0600. The van der Waals surface area contributed by atoms with E-state index in [-0.39, 0.29) is 18.2 Å². The second-order valence-electron chi connectivity index (χ2n) is 7.44. The summed E-state index contributed by atoms with van der Waals surface area (Å²) in [5, 5.41) is 15.9. The van der Waals surface area contributed by atoms with Gasteiger partial charge < -0.3 is 15.7 Å². The van der Waals surface area contributed by atoms with Gasteiger partial charge in [0.25, 0.3) is 0 Å². The fourth-order valence-electron chi connectivity index (χ4n) is 2.38. The highest BCUT2D eigenvalue weighted by atomic mass is 16.3. The van der Waals surface area contributed by atoms with Gasteiger partial charge in [-0.15, -0.1) is 0 Å². The first-order valence-corrected chi connectivity index (χ1v) is 7.90. The van der Waals surface area contributed by atoms with Crippen LogP contribution < -0.4 is 10.6 Å². The Morgan fingerprint density at radius 1 is 1.19 bits per heavy atom. The molecule has 1 saturated carbocycles. The van der Waals surface area contributed by atoms with Crippen LogP contribution in [-0.2, 0) is 9.59 Å². The highest BCUT2D eigenvalue weighted by molar-refractivity contribution is 5.82. The van der Waals surface area contributed by atoms with E-state index in [1.807, 2.05) is 20.8 Å². The molecule has 0 aliphatic heterocycles. The van der Waals surface area contributed by atoms with Gasteiger partial charge in [-0.1, -0.05) is 27.7 Å². The molecule has 0 atom stereocenters. The molecule has 5 heteroatoms. The maximum atomic E-state index is 11.7. The van der Waals surface area contributed by atoms with E-state index in [0.717, 1.165) is 25.7 Å². The summed E-state index contributed by atoms with van der Waals surface area (Å²) in [6, 6.07) is 0. The van der Waals surface area contributed by atoms with Crippen molar-refractivity contribution in [3.05, 3.63) is 0 Å². The van der Waals surface area contributed by atoms with Crippen LogP contribution in [-0.4, -0.2) is 35.6 Å². The van der Waals surface area contributed by atoms with Gasteiger partial charge in [0.05, 0.1) is 5.60 Å². The van der Waals surface area contributed by atoms with Gasteiger partial charge >= 0.3 is 0 Å². The summed E-state index contributed by atoms with van der Waals surface area (Å²) in [6.45, 7) is 8.34. The maximum Gasteiger partial charge on any atom is 0.225 e. The van der Waals surface area contributed by atoms with Crippen molar-refractivity contribution < 1.29 is 14.7 Å². The van der Waals surface area contributed by atoms with Crippen LogP contribution in [0.15, 0.2) is 0 Å². The fourth-order valence-corrected chi connectivity index (χ4v) is 2.38. The summed E-state index contributed by atoms with van der Waals surface area (Å²) in [7, 11) is 0. The Labute approximate surface area is 127 Å². The molecule has 1 aliphatic carbocycles. The first-order valence-electron chi connectivity index (χ1n) is 7.90. The monoisotopic (exact) mass is 298 g/mol. The largest absolute Gasteiger partial charge is 0.388 e. The van der Waals surface area contributed by atoms with E-state index in [1.54, 1.807) is 0 Å². The molecule has 0 saturated heterocycles. The lowest BCUT2D eigenvalue weighted by Gasteiger charge is -2.34. The predicted molar refractivity (Wildman–Crippen MR) is 82.7 cm³/mol. The summed E-state index contributed by atoms with van der Waals surface area (Å²) < 4.78 is 0. The summed E-state index contributed by atoms with van der Waals surface area (Å²) in [5.41, 5.74) is -1.19. The van der Waals surface area contributed by atoms with Gasteiger partial charge in [-0.3, -0.25) is 9.59 Å². The van der Waals surface area contributed by atoms with Gasteiger partial charge in [0.15, 0.2) is 0 Å². The lowest BCUT2D eigenvalue weighted by molar-refractivity contribution is -0.128. The first kappa shape index (κ1) is 18.0. The van der Waals surface area contributed by atoms with Gasteiger partial charge in [-0.25, -0.2) is 0 Å². The Morgan fingerprint density at radius 2 is 1.76 bits per heavy atom. The topological polar surface area (TPSA) is 78.4 Å². The van der Waals surface area contributed by atoms with Crippen molar-refractivity contribution in [1.29, 1.82) is 0 Å². The minimum atomic E-state index is -0.753. The summed E-state index contributed by atoms with van der Waals surface area (Å²) >= 11 is 0. The third-order valence-corrected chi connectivity index (χ3v) is 4.14. The lowest BCUT2D eigenvalue weighted by Crippen LogP contribution is -2.45. The third kappa shape index (κ3) is 6.46. The van der Waals surface area contributed by atoms with E-state index in [0.29, 0.717) is 19.0 Å². The van der Waals surface area contributed by atoms with Crippen molar-refractivity contribution in [1.82, 2.24) is 10.6 Å². The molecule has 0 aromatic heterocycles. The second-order valence-corrected chi connectivity index (χ2v) is 7.44. The number of hydrogen-bond acceptors (Lipinski definition) is 3. The molecule has 3 N–H and O–H groups in total. The number of nitrogens with one attached hydrogen (secondary N) is 2. The van der Waals surface area contributed by atoms with Gasteiger partial charge in [0, 0.05) is 24.9 Å². The third-order valence-electron chi connectivity index (χ3n) is 4.14. The molecular weight excluding hydrogens is 268 g/mol. The molecule has 1 rings (SSSR count). The molecule has 0 radical (unpaired) electrons. The quantitative estimate of drug-likeness (QED) is 0.721. The minimum Gasteiger partial charge on any atom is -0.388 e. The zero-order valence-electron chi connectivity index (χ0n) is 13.8. The molecule has 0 aromatic rings. The highest BCUT2D eigenvalue weighted by Crippen LogP contribution is 2.31. The average Bonchev–Trinajstić information content (AvgIpc) is 2.39. The molecule has 1 fully saturated rings. The van der Waals surface area contributed by atoms with Crippen LogP contribution in [0.1, 0.15) is 59.8 Å². The molecule has 0 aromatic carbocycles. The fraction of sp³-hybridized carbons (Fsp3) is 0.875. The lowest BCUT2D eigenvalue weighted by atomic mass is 9.79. The van der Waals surface area contributed by atoms with Gasteiger partial charge in [-0.2, -0.15) is 0 Å². The van der Waals surface area contributed by atoms with E-state index < -0.39 is 11.0 Å². The van der Waals surface area contributed by atoms with Crippen LogP contribution in [0.5, 0.6) is 0 Å². The Kier molecular flexibility index (Phi) is 6.20. The van der Waals surface area contributed by atoms with E-state index in [4.69, 9.17) is 0 Å². The Balaban J connectivity index is 2.21. The predicted octanol–water partition coefficient (Wildman–Crippen LogP) is 1.60. The number of hydrogen-bond donors (Lipinski definition) is 3. The highest BCUT2D eigenvalue weighted by Gasteiger charge is 2.31. The van der Waals surface area contributed by atoms with Crippen molar-refractivity contribution in [2.45, 2.75) is 65.4 Å². The number of amides is 2. The molecule has 0 heterocycles. The molecular formula is C16H30N2O3. The Morgan fingerprint density at radius 3 is 2.29 bits per heavy atom. The van der Waals surface area contributed by atoms with Crippen molar-refractivity contribution in [2.24, 2.45) is 11.3 Å². The number of carbonyl (C=O) groups is 2. The first-order chi connectivity index (χ1) is 9.62. The van der Waals surface area contributed by atoms with Gasteiger partial charge in [-0.05, 0) is 31.6 Å². The Bertz CT molecular complexity index is 366. The molecule has 2 amide bonds. The SMILES string of the molecule is CC1CCC(O)(CNC(=O)CCNC(=O)C(C)(C)C)CC1. The smallest absolute Gasteiger partial charge is 0.225 e. The van der Waals surface area contributed by atoms with Crippen LogP contribution >= 0.6 is 0 Å². The molecule has 0 spiro atoms. The second kappa shape index (κ2) is 7.25. The average molecular weight is 298 g/mol. The number of carbonyl (C=O) groups excluding carboxylic acids is 2. The van der Waals surface area contributed by atoms with E-state index in [2.05, 4.69) is 17.6 Å². The van der Waals surface area contributed by atoms with Crippen molar-refractivity contribution in [2.75, 3.05) is 13.1 Å². The van der Waals surface area contributed by atoms with Crippen LogP contribution in [0.2, 0.25) is 0 Å². The zero-order chi connectivity index (χ0) is 16.1. The van der Waals surface area contributed by atoms with Crippen molar-refractivity contribution in [3.63, 3.8) is 0 Å². The standard InChI is InChI=1S/C16H30N2O3/c1-12-5-8-16(21,9-6-12)11-18-13(19)7-10-17-14(20)15(2,3)4/h12,21H,5-11H2,1-4H3,(H,17,20)(H,18,19). The molecule has 1 aliphatic rings. The maximum absolute atomic E-state index is 11.7. The van der Waals surface area contributed by atoms with Gasteiger partial charge in [0.2, 0.25) is 11.8 Å².